The number of amides is 1. The van der Waals surface area contributed by atoms with Crippen LogP contribution in [0.5, 0.6) is 5.75 Å². The van der Waals surface area contributed by atoms with E-state index in [0.29, 0.717) is 44.8 Å². The van der Waals surface area contributed by atoms with E-state index < -0.39 is 0 Å². The van der Waals surface area contributed by atoms with E-state index in [1.54, 1.807) is 54.6 Å². The number of H-pyrrole nitrogens is 1. The van der Waals surface area contributed by atoms with E-state index in [0.717, 1.165) is 16.6 Å². The Kier molecular flexibility index (Phi) is 6.07. The van der Waals surface area contributed by atoms with Gasteiger partial charge in [-0.05, 0) is 59.0 Å². The molecule has 198 valence electrons. The molecule has 5 aromatic rings. The number of nitrogens with zero attached hydrogens (tertiary/aromatic N) is 1. The number of hydrogen-bond donors (Lipinski definition) is 2. The second kappa shape index (κ2) is 9.61. The third-order valence-corrected chi connectivity index (χ3v) is 7.17. The zero-order valence-electron chi connectivity index (χ0n) is 22.4. The van der Waals surface area contributed by atoms with Crippen molar-refractivity contribution in [1.82, 2.24) is 10.2 Å². The molecule has 1 aromatic heterocycles. The molecule has 1 aliphatic rings. The van der Waals surface area contributed by atoms with Crippen LogP contribution in [0.25, 0.3) is 10.9 Å². The SMILES string of the molecule is CC(C)(C)c1ccc(C(=O)Nc2n[nH]c3ccc(OCc4ccc5c(c4)C(=O)c4ccccc4C5=O)cc23)cc1. The number of carbonyl (C=O) groups is 3. The van der Waals surface area contributed by atoms with Crippen LogP contribution in [0.2, 0.25) is 0 Å². The molecular weight excluding hydrogens is 502 g/mol. The average Bonchev–Trinajstić information content (AvgIpc) is 3.36. The molecule has 1 aliphatic carbocycles. The summed E-state index contributed by atoms with van der Waals surface area (Å²) >= 11 is 0. The molecule has 0 unspecified atom stereocenters. The molecule has 0 aliphatic heterocycles. The van der Waals surface area contributed by atoms with Crippen molar-refractivity contribution in [2.75, 3.05) is 5.32 Å². The molecule has 7 nitrogen and oxygen atoms in total. The molecule has 7 heteroatoms. The number of aromatic amines is 1. The van der Waals surface area contributed by atoms with Crippen molar-refractivity contribution < 1.29 is 19.1 Å². The first-order chi connectivity index (χ1) is 19.2. The van der Waals surface area contributed by atoms with Crippen molar-refractivity contribution in [1.29, 1.82) is 0 Å². The maximum absolute atomic E-state index is 13.0. The largest absolute Gasteiger partial charge is 0.489 e. The first-order valence-electron chi connectivity index (χ1n) is 13.0. The molecule has 0 bridgehead atoms. The molecule has 40 heavy (non-hydrogen) atoms. The van der Waals surface area contributed by atoms with Gasteiger partial charge in [-0.25, -0.2) is 0 Å². The molecule has 1 amide bonds. The minimum absolute atomic E-state index is 0.00128. The molecule has 2 N–H and O–H groups in total. The fourth-order valence-corrected chi connectivity index (χ4v) is 4.88. The van der Waals surface area contributed by atoms with Crippen LogP contribution >= 0.6 is 0 Å². The summed E-state index contributed by atoms with van der Waals surface area (Å²) in [5.41, 5.74) is 4.85. The predicted octanol–water partition coefficient (Wildman–Crippen LogP) is 6.47. The summed E-state index contributed by atoms with van der Waals surface area (Å²) < 4.78 is 6.03. The van der Waals surface area contributed by atoms with Crippen molar-refractivity contribution in [2.45, 2.75) is 32.8 Å². The second-order valence-corrected chi connectivity index (χ2v) is 10.9. The molecule has 6 rings (SSSR count). The highest BCUT2D eigenvalue weighted by molar-refractivity contribution is 6.28. The Balaban J connectivity index is 1.18. The number of anilines is 1. The quantitative estimate of drug-likeness (QED) is 0.267. The van der Waals surface area contributed by atoms with Crippen LogP contribution in [0.4, 0.5) is 5.82 Å². The zero-order valence-corrected chi connectivity index (χ0v) is 22.4. The first kappa shape index (κ1) is 25.2. The normalized spacial score (nSPS) is 12.7. The molecule has 0 radical (unpaired) electrons. The van der Waals surface area contributed by atoms with Crippen molar-refractivity contribution in [2.24, 2.45) is 0 Å². The highest BCUT2D eigenvalue weighted by Crippen LogP contribution is 2.30. The van der Waals surface area contributed by atoms with E-state index in [9.17, 15) is 14.4 Å². The van der Waals surface area contributed by atoms with Gasteiger partial charge in [0.05, 0.1) is 5.52 Å². The summed E-state index contributed by atoms with van der Waals surface area (Å²) in [6.45, 7) is 6.58. The topological polar surface area (TPSA) is 101 Å². The number of carbonyl (C=O) groups excluding carboxylic acids is 3. The van der Waals surface area contributed by atoms with Gasteiger partial charge in [0.25, 0.3) is 5.91 Å². The number of fused-ring (bicyclic) bond motifs is 3. The third-order valence-electron chi connectivity index (χ3n) is 7.17. The number of ether oxygens (including phenoxy) is 1. The minimum Gasteiger partial charge on any atom is -0.489 e. The fraction of sp³-hybridized carbons (Fsp3) is 0.152. The highest BCUT2D eigenvalue weighted by atomic mass is 16.5. The van der Waals surface area contributed by atoms with E-state index >= 15 is 0 Å². The molecule has 4 aromatic carbocycles. The molecule has 0 spiro atoms. The van der Waals surface area contributed by atoms with E-state index in [1.807, 2.05) is 30.3 Å². The number of nitrogens with one attached hydrogen (secondary N) is 2. The van der Waals surface area contributed by atoms with Gasteiger partial charge in [0.1, 0.15) is 12.4 Å². The number of hydrogen-bond acceptors (Lipinski definition) is 5. The van der Waals surface area contributed by atoms with Gasteiger partial charge in [-0.15, -0.1) is 0 Å². The standard InChI is InChI=1S/C33H27N3O4/c1-33(2,3)21-11-9-20(10-12-21)32(39)34-31-27-17-22(13-15-28(27)35-36-31)40-18-19-8-14-25-26(16-19)30(38)24-7-5-4-6-23(24)29(25)37/h4-17H,18H2,1-3H3,(H2,34,35,36,39). The lowest BCUT2D eigenvalue weighted by molar-refractivity contribution is 0.0979. The van der Waals surface area contributed by atoms with Crippen molar-refractivity contribution in [3.05, 3.63) is 124 Å². The van der Waals surface area contributed by atoms with Gasteiger partial charge in [-0.2, -0.15) is 5.10 Å². The van der Waals surface area contributed by atoms with Crippen LogP contribution < -0.4 is 10.1 Å². The van der Waals surface area contributed by atoms with Crippen LogP contribution in [-0.4, -0.2) is 27.7 Å². The Hall–Kier alpha value is -5.04. The van der Waals surface area contributed by atoms with E-state index in [4.69, 9.17) is 4.74 Å². The smallest absolute Gasteiger partial charge is 0.256 e. The molecule has 1 heterocycles. The van der Waals surface area contributed by atoms with Crippen LogP contribution in [0, 0.1) is 0 Å². The second-order valence-electron chi connectivity index (χ2n) is 10.9. The van der Waals surface area contributed by atoms with E-state index in [2.05, 4.69) is 36.3 Å². The molecule has 0 fully saturated rings. The summed E-state index contributed by atoms with van der Waals surface area (Å²) in [7, 11) is 0. The fourth-order valence-electron chi connectivity index (χ4n) is 4.88. The maximum Gasteiger partial charge on any atom is 0.256 e. The van der Waals surface area contributed by atoms with Crippen LogP contribution in [0.15, 0.2) is 84.9 Å². The summed E-state index contributed by atoms with van der Waals surface area (Å²) in [6.07, 6.45) is 0. The van der Waals surface area contributed by atoms with E-state index in [-0.39, 0.29) is 29.5 Å². The molecule has 0 saturated heterocycles. The van der Waals surface area contributed by atoms with Crippen LogP contribution in [0.3, 0.4) is 0 Å². The summed E-state index contributed by atoms with van der Waals surface area (Å²) in [4.78, 5) is 38.8. The molecule has 0 atom stereocenters. The lowest BCUT2D eigenvalue weighted by Crippen LogP contribution is -2.21. The van der Waals surface area contributed by atoms with Gasteiger partial charge >= 0.3 is 0 Å². The number of aromatic nitrogens is 2. The third kappa shape index (κ3) is 4.56. The Bertz CT molecular complexity index is 1810. The highest BCUT2D eigenvalue weighted by Gasteiger charge is 2.29. The molecule has 0 saturated carbocycles. The van der Waals surface area contributed by atoms with Crippen molar-refractivity contribution in [3.8, 4) is 5.75 Å². The van der Waals surface area contributed by atoms with E-state index in [1.165, 1.54) is 0 Å². The van der Waals surface area contributed by atoms with Crippen LogP contribution in [-0.2, 0) is 12.0 Å². The van der Waals surface area contributed by atoms with Crippen molar-refractivity contribution >= 4 is 34.2 Å². The molecular formula is C33H27N3O4. The van der Waals surface area contributed by atoms with Gasteiger partial charge in [-0.1, -0.05) is 63.2 Å². The number of benzene rings is 4. The van der Waals surface area contributed by atoms with Gasteiger partial charge < -0.3 is 10.1 Å². The number of rotatable bonds is 5. The lowest BCUT2D eigenvalue weighted by atomic mass is 9.83. The van der Waals surface area contributed by atoms with Crippen molar-refractivity contribution in [3.63, 3.8) is 0 Å². The minimum atomic E-state index is -0.255. The summed E-state index contributed by atoms with van der Waals surface area (Å²) in [5.74, 6) is 0.407. The zero-order chi connectivity index (χ0) is 28.0. The van der Waals surface area contributed by atoms with Crippen LogP contribution in [0.1, 0.15) is 74.1 Å². The van der Waals surface area contributed by atoms with Gasteiger partial charge in [0, 0.05) is 33.2 Å². The summed E-state index contributed by atoms with van der Waals surface area (Å²) in [6, 6.07) is 25.1. The van der Waals surface area contributed by atoms with Gasteiger partial charge in [0.15, 0.2) is 17.4 Å². The predicted molar refractivity (Wildman–Crippen MR) is 153 cm³/mol. The summed E-state index contributed by atoms with van der Waals surface area (Å²) in [5, 5.41) is 10.8. The average molecular weight is 530 g/mol. The Morgan fingerprint density at radius 1 is 0.825 bits per heavy atom. The van der Waals surface area contributed by atoms with Gasteiger partial charge in [-0.3, -0.25) is 19.5 Å². The monoisotopic (exact) mass is 529 g/mol. The maximum atomic E-state index is 13.0. The Labute approximate surface area is 231 Å². The lowest BCUT2D eigenvalue weighted by Gasteiger charge is -2.19. The van der Waals surface area contributed by atoms with Gasteiger partial charge in [0.2, 0.25) is 0 Å². The Morgan fingerprint density at radius 2 is 1.50 bits per heavy atom. The first-order valence-corrected chi connectivity index (χ1v) is 13.0. The number of ketones is 2. The Morgan fingerprint density at radius 3 is 2.20 bits per heavy atom.